The third-order valence-electron chi connectivity index (χ3n) is 4.53. The van der Waals surface area contributed by atoms with Gasteiger partial charge in [-0.15, -0.1) is 0 Å². The molecule has 1 nitrogen and oxygen atoms in total. The molecule has 1 aliphatic heterocycles. The van der Waals surface area contributed by atoms with Gasteiger partial charge in [0.2, 0.25) is 0 Å². The van der Waals surface area contributed by atoms with Gasteiger partial charge in [-0.1, -0.05) is 60.3 Å². The number of rotatable bonds is 5. The van der Waals surface area contributed by atoms with Crippen molar-refractivity contribution >= 4 is 17.3 Å². The van der Waals surface area contributed by atoms with Crippen molar-refractivity contribution in [2.45, 2.75) is 23.1 Å². The third-order valence-corrected chi connectivity index (χ3v) is 5.68. The second kappa shape index (κ2) is 7.00. The average molecular weight is 337 g/mol. The standard InChI is InChI=1S/C22H26NS/c1-5-14-23(3,4)15-8-10-18-19-9-6-7-11-21(19)24-22-13-12-17(2)16-20(18)22/h5-7,9-13,16H,1,8,14-15H2,2-4H3/q+1/b18-10+. The summed E-state index contributed by atoms with van der Waals surface area (Å²) in [5.74, 6) is 0. The normalized spacial score (nSPS) is 15.0. The van der Waals surface area contributed by atoms with Gasteiger partial charge in [0, 0.05) is 16.2 Å². The molecule has 0 aliphatic carbocycles. The lowest BCUT2D eigenvalue weighted by molar-refractivity contribution is -0.884. The smallest absolute Gasteiger partial charge is 0.0967 e. The van der Waals surface area contributed by atoms with Crippen LogP contribution in [0.1, 0.15) is 23.1 Å². The predicted molar refractivity (Wildman–Crippen MR) is 105 cm³/mol. The van der Waals surface area contributed by atoms with Crippen molar-refractivity contribution in [2.75, 3.05) is 27.2 Å². The maximum Gasteiger partial charge on any atom is 0.0967 e. The Morgan fingerprint density at radius 3 is 2.58 bits per heavy atom. The zero-order valence-corrected chi connectivity index (χ0v) is 15.7. The molecule has 0 unspecified atom stereocenters. The minimum Gasteiger partial charge on any atom is -0.325 e. The van der Waals surface area contributed by atoms with Crippen molar-refractivity contribution in [1.82, 2.24) is 0 Å². The lowest BCUT2D eigenvalue weighted by Gasteiger charge is -2.28. The van der Waals surface area contributed by atoms with E-state index < -0.39 is 0 Å². The molecule has 0 spiro atoms. The topological polar surface area (TPSA) is 0 Å². The van der Waals surface area contributed by atoms with Gasteiger partial charge in [-0.05, 0) is 41.8 Å². The minimum atomic E-state index is 0.977. The SMILES string of the molecule is C=CC[N+](C)(C)CC/C=C1\c2ccccc2Sc2ccc(C)cc21. The van der Waals surface area contributed by atoms with Gasteiger partial charge in [0.1, 0.15) is 0 Å². The number of nitrogens with zero attached hydrogens (tertiary/aromatic N) is 1. The summed E-state index contributed by atoms with van der Waals surface area (Å²) in [5, 5.41) is 0. The molecule has 0 fully saturated rings. The van der Waals surface area contributed by atoms with E-state index >= 15 is 0 Å². The summed E-state index contributed by atoms with van der Waals surface area (Å²) in [5.41, 5.74) is 5.46. The highest BCUT2D eigenvalue weighted by molar-refractivity contribution is 7.99. The first-order valence-corrected chi connectivity index (χ1v) is 9.33. The van der Waals surface area contributed by atoms with Crippen molar-refractivity contribution in [3.8, 4) is 0 Å². The van der Waals surface area contributed by atoms with Crippen LogP contribution >= 0.6 is 11.8 Å². The first kappa shape index (κ1) is 17.1. The molecule has 124 valence electrons. The molecule has 0 bridgehead atoms. The maximum absolute atomic E-state index is 3.88. The van der Waals surface area contributed by atoms with Crippen LogP contribution < -0.4 is 0 Å². The Labute approximate surface area is 150 Å². The summed E-state index contributed by atoms with van der Waals surface area (Å²) in [6.07, 6.45) is 5.51. The summed E-state index contributed by atoms with van der Waals surface area (Å²) in [6.45, 7) is 8.18. The van der Waals surface area contributed by atoms with Crippen LogP contribution in [0.25, 0.3) is 5.57 Å². The molecule has 3 rings (SSSR count). The van der Waals surface area contributed by atoms with E-state index in [9.17, 15) is 0 Å². The van der Waals surface area contributed by atoms with Crippen LogP contribution in [0.2, 0.25) is 0 Å². The first-order chi connectivity index (χ1) is 11.5. The summed E-state index contributed by atoms with van der Waals surface area (Å²) in [7, 11) is 4.53. The molecule has 0 N–H and O–H groups in total. The van der Waals surface area contributed by atoms with E-state index in [1.54, 1.807) is 0 Å². The lowest BCUT2D eigenvalue weighted by atomic mass is 9.95. The Balaban J connectivity index is 1.96. The van der Waals surface area contributed by atoms with Gasteiger partial charge in [-0.2, -0.15) is 0 Å². The molecule has 0 atom stereocenters. The van der Waals surface area contributed by atoms with Gasteiger partial charge in [0.05, 0.1) is 27.2 Å². The second-order valence-corrected chi connectivity index (χ2v) is 8.22. The van der Waals surface area contributed by atoms with Crippen LogP contribution in [0.5, 0.6) is 0 Å². The van der Waals surface area contributed by atoms with Crippen LogP contribution in [-0.4, -0.2) is 31.7 Å². The number of fused-ring (bicyclic) bond motifs is 2. The monoisotopic (exact) mass is 336 g/mol. The van der Waals surface area contributed by atoms with Crippen molar-refractivity contribution in [1.29, 1.82) is 0 Å². The van der Waals surface area contributed by atoms with Gasteiger partial charge in [0.25, 0.3) is 0 Å². The fraction of sp³-hybridized carbons (Fsp3) is 0.273. The van der Waals surface area contributed by atoms with Gasteiger partial charge >= 0.3 is 0 Å². The molecule has 0 saturated heterocycles. The highest BCUT2D eigenvalue weighted by Gasteiger charge is 2.21. The molecule has 2 heteroatoms. The van der Waals surface area contributed by atoms with E-state index in [-0.39, 0.29) is 0 Å². The van der Waals surface area contributed by atoms with Gasteiger partial charge < -0.3 is 4.48 Å². The van der Waals surface area contributed by atoms with Gasteiger partial charge in [0.15, 0.2) is 0 Å². The summed E-state index contributed by atoms with van der Waals surface area (Å²) in [6, 6.07) is 15.6. The number of benzene rings is 2. The summed E-state index contributed by atoms with van der Waals surface area (Å²) < 4.78 is 0.977. The third kappa shape index (κ3) is 3.66. The Kier molecular flexibility index (Phi) is 4.98. The number of hydrogen-bond donors (Lipinski definition) is 0. The summed E-state index contributed by atoms with van der Waals surface area (Å²) >= 11 is 1.88. The fourth-order valence-electron chi connectivity index (χ4n) is 3.20. The lowest BCUT2D eigenvalue weighted by Crippen LogP contribution is -2.40. The Morgan fingerprint density at radius 2 is 1.79 bits per heavy atom. The molecule has 1 heterocycles. The molecule has 2 aromatic carbocycles. The van der Waals surface area contributed by atoms with Crippen LogP contribution in [0.15, 0.2) is 71.0 Å². The summed E-state index contributed by atoms with van der Waals surface area (Å²) in [4.78, 5) is 2.73. The van der Waals surface area contributed by atoms with Crippen LogP contribution in [0.3, 0.4) is 0 Å². The molecule has 0 saturated carbocycles. The highest BCUT2D eigenvalue weighted by Crippen LogP contribution is 2.45. The molecule has 24 heavy (non-hydrogen) atoms. The largest absolute Gasteiger partial charge is 0.325 e. The first-order valence-electron chi connectivity index (χ1n) is 8.51. The van der Waals surface area contributed by atoms with Crippen molar-refractivity contribution in [3.05, 3.63) is 77.9 Å². The van der Waals surface area contributed by atoms with Crippen LogP contribution in [0.4, 0.5) is 0 Å². The van der Waals surface area contributed by atoms with E-state index in [1.165, 1.54) is 32.1 Å². The fourth-order valence-corrected chi connectivity index (χ4v) is 4.29. The quantitative estimate of drug-likeness (QED) is 0.435. The van der Waals surface area contributed by atoms with E-state index in [4.69, 9.17) is 0 Å². The molecule has 0 radical (unpaired) electrons. The Hall–Kier alpha value is -1.77. The Bertz CT molecular complexity index is 786. The molecule has 1 aliphatic rings. The Morgan fingerprint density at radius 1 is 1.04 bits per heavy atom. The highest BCUT2D eigenvalue weighted by atomic mass is 32.2. The second-order valence-electron chi connectivity index (χ2n) is 7.13. The van der Waals surface area contributed by atoms with E-state index in [1.807, 2.05) is 17.8 Å². The molecule has 0 aromatic heterocycles. The van der Waals surface area contributed by atoms with E-state index in [2.05, 4.69) is 76.1 Å². The van der Waals surface area contributed by atoms with Crippen LogP contribution in [-0.2, 0) is 0 Å². The number of aryl methyl sites for hydroxylation is 1. The number of likely N-dealkylation sites (N-methyl/N-ethyl adjacent to an activating group) is 1. The zero-order chi connectivity index (χ0) is 17.2. The minimum absolute atomic E-state index is 0.977. The van der Waals surface area contributed by atoms with Crippen molar-refractivity contribution in [2.24, 2.45) is 0 Å². The van der Waals surface area contributed by atoms with Crippen molar-refractivity contribution < 1.29 is 4.48 Å². The molecule has 0 amide bonds. The maximum atomic E-state index is 3.88. The van der Waals surface area contributed by atoms with Gasteiger partial charge in [-0.25, -0.2) is 0 Å². The predicted octanol–water partition coefficient (Wildman–Crippen LogP) is 5.54. The van der Waals surface area contributed by atoms with E-state index in [0.29, 0.717) is 0 Å². The van der Waals surface area contributed by atoms with Crippen LogP contribution in [0, 0.1) is 6.92 Å². The average Bonchev–Trinajstić information content (AvgIpc) is 2.54. The number of hydrogen-bond acceptors (Lipinski definition) is 1. The number of quaternary nitrogens is 1. The zero-order valence-electron chi connectivity index (χ0n) is 14.9. The van der Waals surface area contributed by atoms with E-state index in [0.717, 1.165) is 24.0 Å². The molecular weight excluding hydrogens is 310 g/mol. The van der Waals surface area contributed by atoms with Gasteiger partial charge in [-0.3, -0.25) is 0 Å². The van der Waals surface area contributed by atoms with Crippen molar-refractivity contribution in [3.63, 3.8) is 0 Å². The molecular formula is C22H26NS+. The molecule has 2 aromatic rings.